The van der Waals surface area contributed by atoms with Crippen LogP contribution in [0.5, 0.6) is 0 Å². The molecule has 3 nitrogen and oxygen atoms in total. The van der Waals surface area contributed by atoms with Crippen LogP contribution in [0.2, 0.25) is 0 Å². The number of nitrogens with one attached hydrogen (secondary N) is 2. The average Bonchev–Trinajstić information content (AvgIpc) is 2.22. The maximum atomic E-state index is 6.04. The number of hydrogen-bond acceptors (Lipinski definition) is 3. The van der Waals surface area contributed by atoms with E-state index in [2.05, 4.69) is 10.6 Å². The largest absolute Gasteiger partial charge is 0.323 e. The Bertz CT molecular complexity index is 113. The van der Waals surface area contributed by atoms with Crippen LogP contribution in [0.15, 0.2) is 0 Å². The number of nitrogens with two attached hydrogens (primary N) is 1. The van der Waals surface area contributed by atoms with E-state index >= 15 is 0 Å². The minimum absolute atomic E-state index is 0.0833. The van der Waals surface area contributed by atoms with Crippen LogP contribution in [0.1, 0.15) is 0 Å². The van der Waals surface area contributed by atoms with Crippen molar-refractivity contribution in [3.63, 3.8) is 0 Å². The summed E-state index contributed by atoms with van der Waals surface area (Å²) in [6.45, 7) is 4.18. The van der Waals surface area contributed by atoms with Crippen molar-refractivity contribution in [2.75, 3.05) is 26.2 Å². The molecule has 0 radical (unpaired) electrons. The van der Waals surface area contributed by atoms with Gasteiger partial charge in [-0.3, -0.25) is 0 Å². The number of hydrogen-bond donors (Lipinski definition) is 3. The van der Waals surface area contributed by atoms with Crippen LogP contribution >= 0.6 is 0 Å². The molecule has 9 heavy (non-hydrogen) atoms. The highest BCUT2D eigenvalue weighted by atomic mass is 15.1. The molecule has 0 aromatic rings. The molecule has 2 fully saturated rings. The summed E-state index contributed by atoms with van der Waals surface area (Å²) in [5.74, 6) is 0.678. The monoisotopic (exact) mass is 127 g/mol. The first kappa shape index (κ1) is 5.65. The molecule has 2 aliphatic heterocycles. The summed E-state index contributed by atoms with van der Waals surface area (Å²) >= 11 is 0. The van der Waals surface area contributed by atoms with Crippen LogP contribution in [0.3, 0.4) is 0 Å². The fraction of sp³-hybridized carbons (Fsp3) is 1.00. The molecule has 3 heteroatoms. The second-order valence-electron chi connectivity index (χ2n) is 3.19. The molecular weight excluding hydrogens is 114 g/mol. The predicted molar refractivity (Wildman–Crippen MR) is 36.1 cm³/mol. The van der Waals surface area contributed by atoms with Gasteiger partial charge in [-0.1, -0.05) is 0 Å². The second kappa shape index (κ2) is 1.68. The fourth-order valence-electron chi connectivity index (χ4n) is 1.79. The van der Waals surface area contributed by atoms with Gasteiger partial charge < -0.3 is 16.4 Å². The van der Waals surface area contributed by atoms with Crippen molar-refractivity contribution >= 4 is 0 Å². The van der Waals surface area contributed by atoms with Gasteiger partial charge in [0.05, 0.1) is 0 Å². The highest BCUT2D eigenvalue weighted by Crippen LogP contribution is 2.21. The third-order valence-corrected chi connectivity index (χ3v) is 2.50. The highest BCUT2D eigenvalue weighted by molar-refractivity contribution is 5.06. The van der Waals surface area contributed by atoms with Crippen LogP contribution in [0.25, 0.3) is 0 Å². The molecule has 4 N–H and O–H groups in total. The summed E-state index contributed by atoms with van der Waals surface area (Å²) in [7, 11) is 0. The van der Waals surface area contributed by atoms with Crippen molar-refractivity contribution in [1.82, 2.24) is 10.6 Å². The molecule has 0 atom stereocenters. The Morgan fingerprint density at radius 3 is 2.22 bits per heavy atom. The summed E-state index contributed by atoms with van der Waals surface area (Å²) in [6, 6.07) is 0. The quantitative estimate of drug-likeness (QED) is 0.371. The molecule has 0 unspecified atom stereocenters. The lowest BCUT2D eigenvalue weighted by molar-refractivity contribution is 0.434. The maximum Gasteiger partial charge on any atom is 0.0460 e. The summed E-state index contributed by atoms with van der Waals surface area (Å²) in [6.07, 6.45) is 0. The Kier molecular flexibility index (Phi) is 1.06. The van der Waals surface area contributed by atoms with E-state index in [1.807, 2.05) is 0 Å². The maximum absolute atomic E-state index is 6.04. The van der Waals surface area contributed by atoms with Gasteiger partial charge in [0.2, 0.25) is 0 Å². The van der Waals surface area contributed by atoms with Crippen molar-refractivity contribution in [2.45, 2.75) is 5.54 Å². The molecule has 0 saturated carbocycles. The minimum Gasteiger partial charge on any atom is -0.323 e. The zero-order valence-electron chi connectivity index (χ0n) is 5.48. The third kappa shape index (κ3) is 0.689. The normalized spacial score (nSPS) is 49.7. The summed E-state index contributed by atoms with van der Waals surface area (Å²) in [5, 5.41) is 6.60. The molecule has 0 aromatic carbocycles. The van der Waals surface area contributed by atoms with E-state index in [-0.39, 0.29) is 5.54 Å². The molecule has 2 saturated heterocycles. The van der Waals surface area contributed by atoms with Gasteiger partial charge in [0.25, 0.3) is 0 Å². The van der Waals surface area contributed by atoms with E-state index in [1.165, 1.54) is 0 Å². The van der Waals surface area contributed by atoms with Gasteiger partial charge >= 0.3 is 0 Å². The molecular formula is C6H13N3. The molecule has 0 bridgehead atoms. The SMILES string of the molecule is N[C@]12CNC[C@H]1CNC2. The van der Waals surface area contributed by atoms with E-state index in [0.717, 1.165) is 26.2 Å². The summed E-state index contributed by atoms with van der Waals surface area (Å²) in [5.41, 5.74) is 6.12. The smallest absolute Gasteiger partial charge is 0.0460 e. The fourth-order valence-corrected chi connectivity index (χ4v) is 1.79. The molecule has 0 amide bonds. The lowest BCUT2D eigenvalue weighted by Crippen LogP contribution is -2.48. The van der Waals surface area contributed by atoms with Gasteiger partial charge in [0.1, 0.15) is 0 Å². The molecule has 0 spiro atoms. The van der Waals surface area contributed by atoms with Crippen molar-refractivity contribution in [3.8, 4) is 0 Å². The van der Waals surface area contributed by atoms with Gasteiger partial charge in [-0.15, -0.1) is 0 Å². The minimum atomic E-state index is 0.0833. The molecule has 0 aromatic heterocycles. The van der Waals surface area contributed by atoms with Gasteiger partial charge in [-0.25, -0.2) is 0 Å². The Morgan fingerprint density at radius 1 is 1.22 bits per heavy atom. The molecule has 2 heterocycles. The van der Waals surface area contributed by atoms with E-state index in [9.17, 15) is 0 Å². The van der Waals surface area contributed by atoms with E-state index < -0.39 is 0 Å². The van der Waals surface area contributed by atoms with Crippen LogP contribution in [0, 0.1) is 5.92 Å². The number of fused-ring (bicyclic) bond motifs is 1. The highest BCUT2D eigenvalue weighted by Gasteiger charge is 2.42. The Morgan fingerprint density at radius 2 is 1.78 bits per heavy atom. The van der Waals surface area contributed by atoms with Crippen molar-refractivity contribution in [2.24, 2.45) is 11.7 Å². The first-order valence-electron chi connectivity index (χ1n) is 3.52. The number of rotatable bonds is 0. The average molecular weight is 127 g/mol. The van der Waals surface area contributed by atoms with Crippen LogP contribution in [-0.2, 0) is 0 Å². The zero-order chi connectivity index (χ0) is 6.32. The Balaban J connectivity index is 2.17. The topological polar surface area (TPSA) is 50.1 Å². The van der Waals surface area contributed by atoms with Crippen molar-refractivity contribution < 1.29 is 0 Å². The summed E-state index contributed by atoms with van der Waals surface area (Å²) < 4.78 is 0. The van der Waals surface area contributed by atoms with E-state index in [4.69, 9.17) is 5.73 Å². The third-order valence-electron chi connectivity index (χ3n) is 2.50. The van der Waals surface area contributed by atoms with Gasteiger partial charge in [0, 0.05) is 37.6 Å². The summed E-state index contributed by atoms with van der Waals surface area (Å²) in [4.78, 5) is 0. The zero-order valence-corrected chi connectivity index (χ0v) is 5.48. The molecule has 2 rings (SSSR count). The second-order valence-corrected chi connectivity index (χ2v) is 3.19. The first-order valence-corrected chi connectivity index (χ1v) is 3.52. The molecule has 52 valence electrons. The van der Waals surface area contributed by atoms with E-state index in [0.29, 0.717) is 5.92 Å². The van der Waals surface area contributed by atoms with Gasteiger partial charge in [-0.05, 0) is 0 Å². The van der Waals surface area contributed by atoms with Crippen LogP contribution < -0.4 is 16.4 Å². The molecule has 0 aliphatic carbocycles. The standard InChI is InChI=1S/C6H13N3/c7-6-3-8-1-5(6)2-9-4-6/h5,8-9H,1-4,7H2/t5-,6-. The van der Waals surface area contributed by atoms with Crippen molar-refractivity contribution in [3.05, 3.63) is 0 Å². The lowest BCUT2D eigenvalue weighted by Gasteiger charge is -2.20. The van der Waals surface area contributed by atoms with Gasteiger partial charge in [-0.2, -0.15) is 0 Å². The Labute approximate surface area is 55.0 Å². The Hall–Kier alpha value is -0.120. The van der Waals surface area contributed by atoms with Crippen LogP contribution in [0.4, 0.5) is 0 Å². The van der Waals surface area contributed by atoms with Gasteiger partial charge in [0.15, 0.2) is 0 Å². The van der Waals surface area contributed by atoms with E-state index in [1.54, 1.807) is 0 Å². The van der Waals surface area contributed by atoms with Crippen LogP contribution in [-0.4, -0.2) is 31.7 Å². The lowest BCUT2D eigenvalue weighted by atomic mass is 9.92. The first-order chi connectivity index (χ1) is 4.31. The molecule has 2 aliphatic rings. The van der Waals surface area contributed by atoms with Crippen molar-refractivity contribution in [1.29, 1.82) is 0 Å². The predicted octanol–water partition coefficient (Wildman–Crippen LogP) is -1.49.